The number of amides is 1. The van der Waals surface area contributed by atoms with Gasteiger partial charge in [-0.1, -0.05) is 0 Å². The van der Waals surface area contributed by atoms with Crippen LogP contribution in [0.25, 0.3) is 27.5 Å². The molecule has 4 aromatic rings. The number of carbonyl (C=O) groups is 1. The van der Waals surface area contributed by atoms with E-state index >= 15 is 0 Å². The van der Waals surface area contributed by atoms with Crippen LogP contribution in [0.5, 0.6) is 0 Å². The van der Waals surface area contributed by atoms with E-state index in [-0.39, 0.29) is 10.8 Å². The number of hydrogen-bond donors (Lipinski definition) is 2. The number of fused-ring (bicyclic) bond motifs is 3. The maximum atomic E-state index is 12.3. The molecule has 0 fully saturated rings. The maximum absolute atomic E-state index is 12.3. The Labute approximate surface area is 161 Å². The highest BCUT2D eigenvalue weighted by molar-refractivity contribution is 7.89. The van der Waals surface area contributed by atoms with E-state index in [0.29, 0.717) is 22.3 Å². The molecule has 0 saturated heterocycles. The molecule has 144 valence electrons. The van der Waals surface area contributed by atoms with Crippen LogP contribution in [-0.4, -0.2) is 59.8 Å². The molecule has 9 nitrogen and oxygen atoms in total. The number of sulfonamides is 1. The summed E-state index contributed by atoms with van der Waals surface area (Å²) in [6.07, 6.45) is 1.64. The van der Waals surface area contributed by atoms with Crippen molar-refractivity contribution in [3.63, 3.8) is 0 Å². The van der Waals surface area contributed by atoms with E-state index in [9.17, 15) is 13.2 Å². The fraction of sp³-hybridized carbons (Fsp3) is 0.167. The third kappa shape index (κ3) is 2.65. The van der Waals surface area contributed by atoms with Crippen LogP contribution in [-0.2, 0) is 10.0 Å². The summed E-state index contributed by atoms with van der Waals surface area (Å²) in [6.45, 7) is 0. The zero-order valence-electron chi connectivity index (χ0n) is 15.5. The van der Waals surface area contributed by atoms with Crippen LogP contribution < -0.4 is 5.32 Å². The number of H-pyrrole nitrogens is 1. The number of benzene rings is 2. The average molecular weight is 398 g/mol. The van der Waals surface area contributed by atoms with Crippen LogP contribution in [0, 0.1) is 0 Å². The van der Waals surface area contributed by atoms with E-state index in [0.717, 1.165) is 15.2 Å². The summed E-state index contributed by atoms with van der Waals surface area (Å²) in [6, 6.07) is 10.1. The molecular formula is C18H18N6O3S. The van der Waals surface area contributed by atoms with Crippen molar-refractivity contribution in [3.05, 3.63) is 48.3 Å². The highest BCUT2D eigenvalue weighted by Gasteiger charge is 2.20. The molecule has 0 radical (unpaired) electrons. The van der Waals surface area contributed by atoms with Gasteiger partial charge in [-0.3, -0.25) is 14.6 Å². The van der Waals surface area contributed by atoms with E-state index in [1.807, 2.05) is 12.1 Å². The van der Waals surface area contributed by atoms with E-state index in [4.69, 9.17) is 0 Å². The lowest BCUT2D eigenvalue weighted by Crippen LogP contribution is -2.22. The molecular weight excluding hydrogens is 380 g/mol. The average Bonchev–Trinajstić information content (AvgIpc) is 3.31. The summed E-state index contributed by atoms with van der Waals surface area (Å²) in [5, 5.41) is 15.3. The normalized spacial score (nSPS) is 12.1. The molecule has 0 aliphatic rings. The van der Waals surface area contributed by atoms with Crippen molar-refractivity contribution >= 4 is 37.7 Å². The minimum atomic E-state index is -3.53. The predicted molar refractivity (Wildman–Crippen MR) is 105 cm³/mol. The van der Waals surface area contributed by atoms with Crippen LogP contribution in [0.2, 0.25) is 0 Å². The molecule has 0 bridgehead atoms. The van der Waals surface area contributed by atoms with E-state index < -0.39 is 10.0 Å². The number of aromatic amines is 1. The third-order valence-corrected chi connectivity index (χ3v) is 6.42. The van der Waals surface area contributed by atoms with Gasteiger partial charge in [0.2, 0.25) is 10.0 Å². The van der Waals surface area contributed by atoms with Crippen LogP contribution in [0.4, 0.5) is 0 Å². The van der Waals surface area contributed by atoms with Crippen molar-refractivity contribution in [2.24, 2.45) is 0 Å². The lowest BCUT2D eigenvalue weighted by molar-refractivity contribution is 0.0959. The number of rotatable bonds is 4. The Morgan fingerprint density at radius 2 is 1.82 bits per heavy atom. The lowest BCUT2D eigenvalue weighted by atomic mass is 10.1. The minimum Gasteiger partial charge on any atom is -0.354 e. The minimum absolute atomic E-state index is 0.186. The lowest BCUT2D eigenvalue weighted by Gasteiger charge is -2.12. The largest absolute Gasteiger partial charge is 0.354 e. The quantitative estimate of drug-likeness (QED) is 0.541. The summed E-state index contributed by atoms with van der Waals surface area (Å²) < 4.78 is 27.5. The Balaban J connectivity index is 1.96. The first-order valence-electron chi connectivity index (χ1n) is 8.44. The monoisotopic (exact) mass is 398 g/mol. The van der Waals surface area contributed by atoms with Gasteiger partial charge in [0, 0.05) is 31.9 Å². The van der Waals surface area contributed by atoms with Crippen molar-refractivity contribution in [2.45, 2.75) is 4.90 Å². The van der Waals surface area contributed by atoms with Crippen LogP contribution >= 0.6 is 0 Å². The molecule has 0 aliphatic carbocycles. The summed E-state index contributed by atoms with van der Waals surface area (Å²) in [5.74, 6) is -0.262. The van der Waals surface area contributed by atoms with Crippen molar-refractivity contribution < 1.29 is 13.2 Å². The summed E-state index contributed by atoms with van der Waals surface area (Å²) in [7, 11) is 1.00. The first-order chi connectivity index (χ1) is 13.3. The molecule has 4 rings (SSSR count). The Morgan fingerprint density at radius 1 is 1.11 bits per heavy atom. The zero-order chi connectivity index (χ0) is 20.1. The number of nitrogens with zero attached hydrogens (tertiary/aromatic N) is 4. The summed E-state index contributed by atoms with van der Waals surface area (Å²) in [4.78, 5) is 12.5. The van der Waals surface area contributed by atoms with E-state index in [1.165, 1.54) is 26.2 Å². The van der Waals surface area contributed by atoms with Gasteiger partial charge >= 0.3 is 0 Å². The smallest absolute Gasteiger partial charge is 0.269 e. The second-order valence-electron chi connectivity index (χ2n) is 6.42. The van der Waals surface area contributed by atoms with Crippen molar-refractivity contribution in [3.8, 4) is 5.69 Å². The Hall–Kier alpha value is -3.24. The number of aromatic nitrogens is 4. The maximum Gasteiger partial charge on any atom is 0.269 e. The molecule has 2 aromatic carbocycles. The molecule has 2 aromatic heterocycles. The van der Waals surface area contributed by atoms with Gasteiger partial charge in [0.1, 0.15) is 5.69 Å². The van der Waals surface area contributed by atoms with Crippen molar-refractivity contribution in [1.29, 1.82) is 0 Å². The van der Waals surface area contributed by atoms with Crippen LogP contribution in [0.3, 0.4) is 0 Å². The van der Waals surface area contributed by atoms with Gasteiger partial charge in [0.25, 0.3) is 5.91 Å². The first kappa shape index (κ1) is 18.1. The number of carbonyl (C=O) groups excluding carboxylic acids is 1. The first-order valence-corrected chi connectivity index (χ1v) is 9.88. The standard InChI is InChI=1S/C18H18N6O3S/c1-19-18(25)16-13-8-9-15-14(10-20-21-15)17(13)24(22-16)11-4-6-12(7-5-11)28(26,27)23(2)3/h4-10,22H,1-3H3,(H,19,25). The number of hydrogen-bond acceptors (Lipinski definition) is 5. The highest BCUT2D eigenvalue weighted by atomic mass is 32.2. The van der Waals surface area contributed by atoms with E-state index in [1.54, 1.807) is 30.1 Å². The molecule has 0 atom stereocenters. The van der Waals surface area contributed by atoms with Gasteiger partial charge in [-0.2, -0.15) is 10.2 Å². The molecule has 0 spiro atoms. The van der Waals surface area contributed by atoms with Gasteiger partial charge in [-0.15, -0.1) is 0 Å². The molecule has 2 heterocycles. The van der Waals surface area contributed by atoms with Crippen molar-refractivity contribution in [2.75, 3.05) is 21.1 Å². The van der Waals surface area contributed by atoms with Gasteiger partial charge < -0.3 is 5.32 Å². The van der Waals surface area contributed by atoms with E-state index in [2.05, 4.69) is 20.6 Å². The molecule has 0 aliphatic heterocycles. The van der Waals surface area contributed by atoms with Gasteiger partial charge in [-0.25, -0.2) is 12.7 Å². The highest BCUT2D eigenvalue weighted by Crippen LogP contribution is 2.29. The van der Waals surface area contributed by atoms with Gasteiger partial charge in [0.15, 0.2) is 0 Å². The molecule has 28 heavy (non-hydrogen) atoms. The van der Waals surface area contributed by atoms with Crippen LogP contribution in [0.1, 0.15) is 10.5 Å². The molecule has 1 amide bonds. The molecule has 2 N–H and O–H groups in total. The number of nitrogens with one attached hydrogen (secondary N) is 2. The second-order valence-corrected chi connectivity index (χ2v) is 8.57. The SMILES string of the molecule is CNC(=O)c1[nH]n(-c2ccc(S(=O)(=O)N(C)C)cc2)c2c1ccc1nncc12. The zero-order valence-corrected chi connectivity index (χ0v) is 16.3. The van der Waals surface area contributed by atoms with Gasteiger partial charge in [0.05, 0.1) is 27.8 Å². The fourth-order valence-electron chi connectivity index (χ4n) is 3.10. The fourth-order valence-corrected chi connectivity index (χ4v) is 4.00. The topological polar surface area (TPSA) is 113 Å². The van der Waals surface area contributed by atoms with Crippen molar-refractivity contribution in [1.82, 2.24) is 29.6 Å². The molecule has 0 unspecified atom stereocenters. The summed E-state index contributed by atoms with van der Waals surface area (Å²) in [5.41, 5.74) is 2.51. The Bertz CT molecular complexity index is 1300. The van der Waals surface area contributed by atoms with Gasteiger partial charge in [-0.05, 0) is 36.4 Å². The third-order valence-electron chi connectivity index (χ3n) is 4.59. The van der Waals surface area contributed by atoms with Crippen LogP contribution in [0.15, 0.2) is 47.5 Å². The molecule has 0 saturated carbocycles. The second kappa shape index (κ2) is 6.43. The Morgan fingerprint density at radius 3 is 2.46 bits per heavy atom. The Kier molecular flexibility index (Phi) is 4.16. The summed E-state index contributed by atoms with van der Waals surface area (Å²) >= 11 is 0. The molecule has 10 heteroatoms. The predicted octanol–water partition coefficient (Wildman–Crippen LogP) is 1.51.